The Kier molecular flexibility index (Phi) is 2.67. The van der Waals surface area contributed by atoms with Crippen molar-refractivity contribution in [3.63, 3.8) is 0 Å². The van der Waals surface area contributed by atoms with Gasteiger partial charge in [-0.05, 0) is 49.9 Å². The molecule has 3 heteroatoms. The average molecular weight is 248 g/mol. The first kappa shape index (κ1) is 10.8. The van der Waals surface area contributed by atoms with Gasteiger partial charge in [0.15, 0.2) is 0 Å². The number of nitrogens with zero attached hydrogens (tertiary/aromatic N) is 1. The molecule has 17 heavy (non-hydrogen) atoms. The molecular formula is C14H14ClNO. The number of halogens is 1. The van der Waals surface area contributed by atoms with E-state index in [9.17, 15) is 0 Å². The van der Waals surface area contributed by atoms with Gasteiger partial charge in [0.1, 0.15) is 11.3 Å². The molecule has 88 valence electrons. The summed E-state index contributed by atoms with van der Waals surface area (Å²) in [6.45, 7) is 2.78. The van der Waals surface area contributed by atoms with Crippen LogP contribution in [0.1, 0.15) is 18.5 Å². The molecule has 0 radical (unpaired) electrons. The van der Waals surface area contributed by atoms with Crippen LogP contribution in [0.3, 0.4) is 0 Å². The van der Waals surface area contributed by atoms with E-state index in [1.807, 2.05) is 31.2 Å². The van der Waals surface area contributed by atoms with Crippen LogP contribution in [0.5, 0.6) is 5.75 Å². The topological polar surface area (TPSA) is 22.1 Å². The van der Waals surface area contributed by atoms with Gasteiger partial charge in [0, 0.05) is 11.1 Å². The molecule has 0 unspecified atom stereocenters. The molecule has 1 saturated carbocycles. The van der Waals surface area contributed by atoms with Gasteiger partial charge in [-0.15, -0.1) is 0 Å². The van der Waals surface area contributed by atoms with E-state index in [-0.39, 0.29) is 0 Å². The van der Waals surface area contributed by atoms with Gasteiger partial charge in [0.25, 0.3) is 0 Å². The predicted octanol–water partition coefficient (Wildman–Crippen LogP) is 3.99. The molecule has 0 saturated heterocycles. The number of aryl methyl sites for hydroxylation is 1. The zero-order valence-corrected chi connectivity index (χ0v) is 10.5. The van der Waals surface area contributed by atoms with Gasteiger partial charge < -0.3 is 4.74 Å². The van der Waals surface area contributed by atoms with Crippen LogP contribution in [0.4, 0.5) is 0 Å². The highest BCUT2D eigenvalue weighted by atomic mass is 35.5. The summed E-state index contributed by atoms with van der Waals surface area (Å²) in [4.78, 5) is 4.53. The summed E-state index contributed by atoms with van der Waals surface area (Å²) >= 11 is 6.16. The van der Waals surface area contributed by atoms with E-state index in [2.05, 4.69) is 4.98 Å². The molecule has 2 nitrogen and oxygen atoms in total. The molecule has 1 aliphatic carbocycles. The molecule has 0 amide bonds. The fourth-order valence-electron chi connectivity index (χ4n) is 1.86. The van der Waals surface area contributed by atoms with Gasteiger partial charge in [-0.2, -0.15) is 0 Å². The molecule has 1 aliphatic rings. The number of rotatable bonds is 3. The van der Waals surface area contributed by atoms with Crippen LogP contribution >= 0.6 is 11.6 Å². The smallest absolute Gasteiger partial charge is 0.145 e. The number of aromatic nitrogens is 1. The minimum absolute atomic E-state index is 0.728. The lowest BCUT2D eigenvalue weighted by Crippen LogP contribution is -2.00. The lowest BCUT2D eigenvalue weighted by molar-refractivity contribution is 0.302. The van der Waals surface area contributed by atoms with Gasteiger partial charge in [0.2, 0.25) is 0 Å². The fourth-order valence-corrected chi connectivity index (χ4v) is 2.08. The van der Waals surface area contributed by atoms with Gasteiger partial charge >= 0.3 is 0 Å². The number of ether oxygens (including phenoxy) is 1. The summed E-state index contributed by atoms with van der Waals surface area (Å²) in [5, 5.41) is 1.69. The first-order valence-electron chi connectivity index (χ1n) is 5.93. The minimum Gasteiger partial charge on any atom is -0.491 e. The van der Waals surface area contributed by atoms with Crippen LogP contribution in [-0.2, 0) is 0 Å². The van der Waals surface area contributed by atoms with Gasteiger partial charge in [-0.1, -0.05) is 11.6 Å². The SMILES string of the molecule is Cc1ccc2c(Cl)ccc(OCC3CC3)c2n1. The number of hydrogen-bond acceptors (Lipinski definition) is 2. The largest absolute Gasteiger partial charge is 0.491 e. The van der Waals surface area contributed by atoms with E-state index in [4.69, 9.17) is 16.3 Å². The first-order valence-corrected chi connectivity index (χ1v) is 6.30. The van der Waals surface area contributed by atoms with Crippen molar-refractivity contribution in [2.75, 3.05) is 6.61 Å². The maximum Gasteiger partial charge on any atom is 0.145 e. The van der Waals surface area contributed by atoms with Crippen molar-refractivity contribution in [2.24, 2.45) is 5.92 Å². The van der Waals surface area contributed by atoms with Crippen LogP contribution in [0.15, 0.2) is 24.3 Å². The third kappa shape index (κ3) is 2.22. The monoisotopic (exact) mass is 247 g/mol. The minimum atomic E-state index is 0.728. The molecule has 1 aromatic carbocycles. The van der Waals surface area contributed by atoms with Gasteiger partial charge in [-0.3, -0.25) is 0 Å². The van der Waals surface area contributed by atoms with Crippen molar-refractivity contribution in [3.05, 3.63) is 35.0 Å². The molecule has 0 aliphatic heterocycles. The Morgan fingerprint density at radius 1 is 1.29 bits per heavy atom. The number of benzene rings is 1. The quantitative estimate of drug-likeness (QED) is 0.818. The van der Waals surface area contributed by atoms with Crippen LogP contribution < -0.4 is 4.74 Å². The Hall–Kier alpha value is -1.28. The normalized spacial score (nSPS) is 15.2. The highest BCUT2D eigenvalue weighted by Gasteiger charge is 2.22. The molecular weight excluding hydrogens is 234 g/mol. The molecule has 0 bridgehead atoms. The standard InChI is InChI=1S/C14H14ClNO/c1-9-2-5-11-12(15)6-7-13(14(11)16-9)17-8-10-3-4-10/h2,5-7,10H,3-4,8H2,1H3. The maximum atomic E-state index is 6.16. The van der Waals surface area contributed by atoms with Crippen molar-refractivity contribution < 1.29 is 4.74 Å². The summed E-state index contributed by atoms with van der Waals surface area (Å²) in [6.07, 6.45) is 2.58. The summed E-state index contributed by atoms with van der Waals surface area (Å²) in [5.74, 6) is 1.59. The number of fused-ring (bicyclic) bond motifs is 1. The van der Waals surface area contributed by atoms with E-state index in [0.717, 1.165) is 39.9 Å². The zero-order valence-electron chi connectivity index (χ0n) is 9.74. The zero-order chi connectivity index (χ0) is 11.8. The molecule has 0 spiro atoms. The Morgan fingerprint density at radius 2 is 2.12 bits per heavy atom. The van der Waals surface area contributed by atoms with Crippen LogP contribution in [0.2, 0.25) is 5.02 Å². The van der Waals surface area contributed by atoms with Crippen LogP contribution in [0.25, 0.3) is 10.9 Å². The van der Waals surface area contributed by atoms with E-state index < -0.39 is 0 Å². The first-order chi connectivity index (χ1) is 8.24. The highest BCUT2D eigenvalue weighted by molar-refractivity contribution is 6.35. The van der Waals surface area contributed by atoms with Crippen molar-refractivity contribution in [3.8, 4) is 5.75 Å². The lowest BCUT2D eigenvalue weighted by atomic mass is 10.2. The third-order valence-electron chi connectivity index (χ3n) is 3.08. The van der Waals surface area contributed by atoms with Crippen molar-refractivity contribution in [2.45, 2.75) is 19.8 Å². The summed E-state index contributed by atoms with van der Waals surface area (Å²) in [6, 6.07) is 7.77. The predicted molar refractivity (Wildman–Crippen MR) is 69.7 cm³/mol. The van der Waals surface area contributed by atoms with E-state index >= 15 is 0 Å². The summed E-state index contributed by atoms with van der Waals surface area (Å²) < 4.78 is 5.83. The van der Waals surface area contributed by atoms with Crippen molar-refractivity contribution in [1.29, 1.82) is 0 Å². The van der Waals surface area contributed by atoms with E-state index in [1.165, 1.54) is 12.8 Å². The molecule has 1 heterocycles. The second-order valence-electron chi connectivity index (χ2n) is 4.65. The van der Waals surface area contributed by atoms with Crippen LogP contribution in [-0.4, -0.2) is 11.6 Å². The Morgan fingerprint density at radius 3 is 2.88 bits per heavy atom. The number of pyridine rings is 1. The van der Waals surface area contributed by atoms with Crippen molar-refractivity contribution in [1.82, 2.24) is 4.98 Å². The summed E-state index contributed by atoms with van der Waals surface area (Å²) in [5.41, 5.74) is 1.86. The van der Waals surface area contributed by atoms with Crippen LogP contribution in [0, 0.1) is 12.8 Å². The van der Waals surface area contributed by atoms with E-state index in [1.54, 1.807) is 0 Å². The van der Waals surface area contributed by atoms with Gasteiger partial charge in [0.05, 0.1) is 11.6 Å². The summed E-state index contributed by atoms with van der Waals surface area (Å²) in [7, 11) is 0. The average Bonchev–Trinajstić information content (AvgIpc) is 3.12. The molecule has 3 rings (SSSR count). The second kappa shape index (κ2) is 4.19. The third-order valence-corrected chi connectivity index (χ3v) is 3.41. The maximum absolute atomic E-state index is 6.16. The fraction of sp³-hybridized carbons (Fsp3) is 0.357. The number of hydrogen-bond donors (Lipinski definition) is 0. The second-order valence-corrected chi connectivity index (χ2v) is 5.06. The Labute approximate surface area is 106 Å². The lowest BCUT2D eigenvalue weighted by Gasteiger charge is -2.09. The Bertz CT molecular complexity index is 563. The molecule has 0 atom stereocenters. The Balaban J connectivity index is 2.03. The molecule has 0 N–H and O–H groups in total. The molecule has 1 fully saturated rings. The van der Waals surface area contributed by atoms with E-state index in [0.29, 0.717) is 0 Å². The van der Waals surface area contributed by atoms with Gasteiger partial charge in [-0.25, -0.2) is 4.98 Å². The molecule has 1 aromatic heterocycles. The highest BCUT2D eigenvalue weighted by Crippen LogP contribution is 2.33. The molecule has 2 aromatic rings. The van der Waals surface area contributed by atoms with Crippen molar-refractivity contribution >= 4 is 22.5 Å².